The van der Waals surface area contributed by atoms with Gasteiger partial charge in [0.05, 0.1) is 24.9 Å². The van der Waals surface area contributed by atoms with Crippen LogP contribution in [0.1, 0.15) is 50.4 Å². The molecule has 1 saturated heterocycles. The molecule has 0 saturated carbocycles. The van der Waals surface area contributed by atoms with Gasteiger partial charge in [-0.1, -0.05) is 0 Å². The summed E-state index contributed by atoms with van der Waals surface area (Å²) in [6, 6.07) is 5.85. The minimum Gasteiger partial charge on any atom is -0.376 e. The molecule has 0 bridgehead atoms. The van der Waals surface area contributed by atoms with E-state index in [0.717, 1.165) is 61.9 Å². The van der Waals surface area contributed by atoms with E-state index in [1.165, 1.54) is 6.42 Å². The van der Waals surface area contributed by atoms with Crippen LogP contribution in [0.3, 0.4) is 0 Å². The number of piperidine rings is 1. The van der Waals surface area contributed by atoms with E-state index in [2.05, 4.69) is 25.5 Å². The maximum Gasteiger partial charge on any atom is 0.267 e. The Labute approximate surface area is 164 Å². The van der Waals surface area contributed by atoms with Crippen molar-refractivity contribution in [2.75, 3.05) is 29.9 Å². The Hall–Kier alpha value is -2.48. The summed E-state index contributed by atoms with van der Waals surface area (Å²) in [5, 5.41) is 16.7. The van der Waals surface area contributed by atoms with Gasteiger partial charge in [-0.2, -0.15) is 10.2 Å². The first-order valence-electron chi connectivity index (χ1n) is 10.2. The van der Waals surface area contributed by atoms with Gasteiger partial charge in [-0.25, -0.2) is 4.68 Å². The van der Waals surface area contributed by atoms with Gasteiger partial charge in [-0.05, 0) is 45.2 Å². The minimum absolute atomic E-state index is 0.0433. The molecule has 8 heteroatoms. The molecule has 2 aliphatic rings. The smallest absolute Gasteiger partial charge is 0.267 e. The molecule has 2 aromatic rings. The van der Waals surface area contributed by atoms with Gasteiger partial charge in [-0.15, -0.1) is 5.10 Å². The van der Waals surface area contributed by atoms with Crippen LogP contribution in [-0.2, 0) is 17.8 Å². The lowest BCUT2D eigenvalue weighted by Crippen LogP contribution is -2.45. The molecule has 8 nitrogen and oxygen atoms in total. The van der Waals surface area contributed by atoms with Crippen molar-refractivity contribution < 1.29 is 4.74 Å². The van der Waals surface area contributed by atoms with Crippen molar-refractivity contribution in [1.82, 2.24) is 20.0 Å². The highest BCUT2D eigenvalue weighted by atomic mass is 16.5. The molecule has 150 valence electrons. The Morgan fingerprint density at radius 1 is 1.29 bits per heavy atom. The van der Waals surface area contributed by atoms with Gasteiger partial charge in [0.1, 0.15) is 11.6 Å². The number of ether oxygens (including phenoxy) is 1. The van der Waals surface area contributed by atoms with Gasteiger partial charge >= 0.3 is 0 Å². The second kappa shape index (κ2) is 8.26. The van der Waals surface area contributed by atoms with Crippen LogP contribution >= 0.6 is 0 Å². The third-order valence-electron chi connectivity index (χ3n) is 5.44. The highest BCUT2D eigenvalue weighted by molar-refractivity contribution is 5.42. The third-order valence-corrected chi connectivity index (χ3v) is 5.44. The van der Waals surface area contributed by atoms with Gasteiger partial charge in [-0.3, -0.25) is 4.79 Å². The van der Waals surface area contributed by atoms with E-state index in [1.54, 1.807) is 10.7 Å². The van der Waals surface area contributed by atoms with E-state index in [-0.39, 0.29) is 11.6 Å². The summed E-state index contributed by atoms with van der Waals surface area (Å²) in [5.41, 5.74) is 2.10. The molecular formula is C20H28N6O2. The molecule has 1 N–H and O–H groups in total. The number of aromatic nitrogens is 4. The second-order valence-electron chi connectivity index (χ2n) is 7.80. The standard InChI is InChI=1S/C20H28N6O2/c1-14(2)26-20(27)7-6-19(24-26)25-9-4-3-5-16(25)12-21-18-11-15-13-28-10-8-17(15)22-23-18/h6-7,11,14,16H,3-5,8-10,12-13H2,1-2H3,(H,21,23). The number of hydrogen-bond acceptors (Lipinski definition) is 7. The number of hydrogen-bond donors (Lipinski definition) is 1. The molecule has 4 rings (SSSR count). The minimum atomic E-state index is -0.0583. The summed E-state index contributed by atoms with van der Waals surface area (Å²) in [4.78, 5) is 14.4. The predicted octanol–water partition coefficient (Wildman–Crippen LogP) is 2.16. The second-order valence-corrected chi connectivity index (χ2v) is 7.80. The van der Waals surface area contributed by atoms with E-state index in [9.17, 15) is 4.79 Å². The van der Waals surface area contributed by atoms with Gasteiger partial charge < -0.3 is 15.0 Å². The van der Waals surface area contributed by atoms with Crippen LogP contribution in [0.5, 0.6) is 0 Å². The maximum absolute atomic E-state index is 12.0. The molecule has 0 spiro atoms. The van der Waals surface area contributed by atoms with Gasteiger partial charge in [0.2, 0.25) is 0 Å². The van der Waals surface area contributed by atoms with Crippen molar-refractivity contribution in [3.63, 3.8) is 0 Å². The van der Waals surface area contributed by atoms with Crippen molar-refractivity contribution in [2.24, 2.45) is 0 Å². The fourth-order valence-corrected chi connectivity index (χ4v) is 3.90. The number of nitrogens with one attached hydrogen (secondary N) is 1. The first-order valence-corrected chi connectivity index (χ1v) is 10.2. The molecule has 0 amide bonds. The van der Waals surface area contributed by atoms with Crippen molar-refractivity contribution >= 4 is 11.6 Å². The predicted molar refractivity (Wildman–Crippen MR) is 108 cm³/mol. The van der Waals surface area contributed by atoms with E-state index in [1.807, 2.05) is 26.0 Å². The Bertz CT molecular complexity index is 881. The number of fused-ring (bicyclic) bond motifs is 1. The summed E-state index contributed by atoms with van der Waals surface area (Å²) in [7, 11) is 0. The fourth-order valence-electron chi connectivity index (χ4n) is 3.90. The number of anilines is 2. The topological polar surface area (TPSA) is 85.2 Å². The zero-order valence-corrected chi connectivity index (χ0v) is 16.6. The maximum atomic E-state index is 12.0. The van der Waals surface area contributed by atoms with Gasteiger partial charge in [0.25, 0.3) is 5.56 Å². The van der Waals surface area contributed by atoms with Crippen LogP contribution in [0.2, 0.25) is 0 Å². The largest absolute Gasteiger partial charge is 0.376 e. The van der Waals surface area contributed by atoms with Crippen LogP contribution in [0.15, 0.2) is 23.0 Å². The van der Waals surface area contributed by atoms with E-state index >= 15 is 0 Å². The van der Waals surface area contributed by atoms with Crippen LogP contribution in [-0.4, -0.2) is 45.7 Å². The number of nitrogens with zero attached hydrogens (tertiary/aromatic N) is 5. The first kappa shape index (κ1) is 18.9. The van der Waals surface area contributed by atoms with Crippen LogP contribution in [0.25, 0.3) is 0 Å². The lowest BCUT2D eigenvalue weighted by molar-refractivity contribution is 0.109. The molecule has 0 aliphatic carbocycles. The third kappa shape index (κ3) is 4.01. The monoisotopic (exact) mass is 384 g/mol. The average molecular weight is 384 g/mol. The van der Waals surface area contributed by atoms with E-state index < -0.39 is 0 Å². The molecule has 1 unspecified atom stereocenters. The molecule has 1 fully saturated rings. The van der Waals surface area contributed by atoms with Crippen molar-refractivity contribution in [2.45, 2.75) is 58.2 Å². The van der Waals surface area contributed by atoms with Crippen molar-refractivity contribution in [3.8, 4) is 0 Å². The average Bonchev–Trinajstić information content (AvgIpc) is 2.72. The lowest BCUT2D eigenvalue weighted by Gasteiger charge is -2.37. The van der Waals surface area contributed by atoms with Gasteiger partial charge in [0.15, 0.2) is 0 Å². The molecule has 4 heterocycles. The Balaban J connectivity index is 1.49. The van der Waals surface area contributed by atoms with Crippen LogP contribution in [0.4, 0.5) is 11.6 Å². The van der Waals surface area contributed by atoms with Crippen LogP contribution in [0, 0.1) is 0 Å². The Morgan fingerprint density at radius 2 is 2.18 bits per heavy atom. The fraction of sp³-hybridized carbons (Fsp3) is 0.600. The van der Waals surface area contributed by atoms with Crippen LogP contribution < -0.4 is 15.8 Å². The molecule has 0 aromatic carbocycles. The summed E-state index contributed by atoms with van der Waals surface area (Å²) < 4.78 is 7.08. The summed E-state index contributed by atoms with van der Waals surface area (Å²) in [5.74, 6) is 1.65. The molecule has 2 aliphatic heterocycles. The highest BCUT2D eigenvalue weighted by Gasteiger charge is 2.24. The molecule has 2 aromatic heterocycles. The summed E-state index contributed by atoms with van der Waals surface area (Å²) in [6.07, 6.45) is 4.23. The zero-order valence-electron chi connectivity index (χ0n) is 16.6. The Morgan fingerprint density at radius 3 is 3.04 bits per heavy atom. The molecule has 1 atom stereocenters. The molecular weight excluding hydrogens is 356 g/mol. The Kier molecular flexibility index (Phi) is 5.57. The normalized spacial score (nSPS) is 19.5. The quantitative estimate of drug-likeness (QED) is 0.845. The SMILES string of the molecule is CC(C)n1nc(N2CCCCC2CNc2cc3c(nn2)CCOC3)ccc1=O. The van der Waals surface area contributed by atoms with Crippen molar-refractivity contribution in [1.29, 1.82) is 0 Å². The lowest BCUT2D eigenvalue weighted by atomic mass is 10.0. The molecule has 0 radical (unpaired) electrons. The number of rotatable bonds is 5. The summed E-state index contributed by atoms with van der Waals surface area (Å²) in [6.45, 7) is 6.99. The van der Waals surface area contributed by atoms with E-state index in [4.69, 9.17) is 4.74 Å². The summed E-state index contributed by atoms with van der Waals surface area (Å²) >= 11 is 0. The zero-order chi connectivity index (χ0) is 19.5. The molecule has 28 heavy (non-hydrogen) atoms. The van der Waals surface area contributed by atoms with E-state index in [0.29, 0.717) is 12.6 Å². The van der Waals surface area contributed by atoms with Crippen molar-refractivity contribution in [3.05, 3.63) is 39.8 Å². The first-order chi connectivity index (χ1) is 13.6. The highest BCUT2D eigenvalue weighted by Crippen LogP contribution is 2.23. The van der Waals surface area contributed by atoms with Gasteiger partial charge in [0, 0.05) is 37.2 Å².